The van der Waals surface area contributed by atoms with Crippen LogP contribution >= 0.6 is 34.5 Å². The highest BCUT2D eigenvalue weighted by Crippen LogP contribution is 2.48. The quantitative estimate of drug-likeness (QED) is 0.0799. The van der Waals surface area contributed by atoms with Gasteiger partial charge in [0.25, 0.3) is 11.8 Å². The van der Waals surface area contributed by atoms with Crippen molar-refractivity contribution in [2.75, 3.05) is 41.3 Å². The average Bonchev–Trinajstić information content (AvgIpc) is 4.00. The zero-order chi connectivity index (χ0) is 45.6. The number of anilines is 2. The molecule has 15 nitrogen and oxygen atoms in total. The molecule has 1 fully saturated rings. The van der Waals surface area contributed by atoms with Gasteiger partial charge in [-0.05, 0) is 34.0 Å². The minimum atomic E-state index is -1.55. The lowest BCUT2D eigenvalue weighted by molar-refractivity contribution is -0.288. The summed E-state index contributed by atoms with van der Waals surface area (Å²) in [5, 5.41) is 13.7. The summed E-state index contributed by atoms with van der Waals surface area (Å²) in [4.78, 5) is 81.9. The van der Waals surface area contributed by atoms with E-state index in [1.54, 1.807) is 46.2 Å². The molecule has 1 saturated heterocycles. The summed E-state index contributed by atoms with van der Waals surface area (Å²) in [5.41, 5.74) is 2.66. The Bertz CT molecular complexity index is 2710. The highest BCUT2D eigenvalue weighted by molar-refractivity contribution is 7.16. The van der Waals surface area contributed by atoms with Gasteiger partial charge in [0.2, 0.25) is 12.4 Å². The Morgan fingerprint density at radius 2 is 1.14 bits per heavy atom. The Labute approximate surface area is 380 Å². The van der Waals surface area contributed by atoms with Crippen molar-refractivity contribution in [3.8, 4) is 11.5 Å². The molecule has 5 aromatic rings. The number of aromatic hydroxyl groups is 1. The zero-order valence-electron chi connectivity index (χ0n) is 34.9. The van der Waals surface area contributed by atoms with E-state index in [1.807, 2.05) is 36.4 Å². The first-order chi connectivity index (χ1) is 30.7. The Balaban J connectivity index is 1.14. The predicted octanol–water partition coefficient (Wildman–Crippen LogP) is 7.19. The van der Waals surface area contributed by atoms with E-state index in [-0.39, 0.29) is 52.4 Å². The monoisotopic (exact) mass is 932 g/mol. The van der Waals surface area contributed by atoms with Crippen molar-refractivity contribution in [2.45, 2.75) is 70.2 Å². The molecule has 0 saturated carbocycles. The fraction of sp³-hybridized carbons (Fsp3) is 0.348. The summed E-state index contributed by atoms with van der Waals surface area (Å²) in [6, 6.07) is 21.1. The molecule has 0 spiro atoms. The van der Waals surface area contributed by atoms with Gasteiger partial charge in [0.15, 0.2) is 12.2 Å². The number of rotatable bonds is 11. The highest BCUT2D eigenvalue weighted by Gasteiger charge is 2.54. The summed E-state index contributed by atoms with van der Waals surface area (Å²) in [7, 11) is 0. The third-order valence-corrected chi connectivity index (χ3v) is 13.2. The van der Waals surface area contributed by atoms with Crippen molar-refractivity contribution in [3.05, 3.63) is 93.7 Å². The fourth-order valence-electron chi connectivity index (χ4n) is 8.82. The number of halogens is 2. The number of hydrogen-bond donors (Lipinski definition) is 1. The van der Waals surface area contributed by atoms with Crippen molar-refractivity contribution < 1.29 is 62.3 Å². The van der Waals surface area contributed by atoms with E-state index in [9.17, 15) is 33.9 Å². The van der Waals surface area contributed by atoms with Crippen LogP contribution in [0.3, 0.4) is 0 Å². The molecule has 2 amide bonds. The molecule has 18 heteroatoms. The van der Waals surface area contributed by atoms with Crippen LogP contribution in [-0.4, -0.2) is 103 Å². The second kappa shape index (κ2) is 18.3. The van der Waals surface area contributed by atoms with Gasteiger partial charge in [-0.15, -0.1) is 34.5 Å². The molecule has 8 rings (SSSR count). The van der Waals surface area contributed by atoms with Gasteiger partial charge in [0.1, 0.15) is 24.2 Å². The molecule has 3 aliphatic heterocycles. The molecule has 1 N–H and O–H groups in total. The summed E-state index contributed by atoms with van der Waals surface area (Å²) >= 11 is 14.1. The van der Waals surface area contributed by atoms with Crippen LogP contribution in [0.2, 0.25) is 0 Å². The number of thiophene rings is 1. The normalized spacial score (nSPS) is 22.4. The number of hydrogen-bond acceptors (Lipinski definition) is 14. The van der Waals surface area contributed by atoms with Crippen LogP contribution < -0.4 is 14.5 Å². The van der Waals surface area contributed by atoms with Gasteiger partial charge in [0.05, 0.1) is 21.1 Å². The smallest absolute Gasteiger partial charge is 0.303 e. The van der Waals surface area contributed by atoms with Gasteiger partial charge in [-0.2, -0.15) is 0 Å². The van der Waals surface area contributed by atoms with Gasteiger partial charge >= 0.3 is 23.9 Å². The summed E-state index contributed by atoms with van der Waals surface area (Å²) in [5.74, 6) is -3.68. The second-order valence-corrected chi connectivity index (χ2v) is 17.3. The minimum Gasteiger partial charge on any atom is -0.507 e. The Morgan fingerprint density at radius 3 is 1.67 bits per heavy atom. The van der Waals surface area contributed by atoms with Crippen molar-refractivity contribution in [1.29, 1.82) is 0 Å². The van der Waals surface area contributed by atoms with Crippen LogP contribution in [0.25, 0.3) is 21.5 Å². The van der Waals surface area contributed by atoms with E-state index in [0.717, 1.165) is 48.6 Å². The third-order valence-electron chi connectivity index (χ3n) is 11.4. The Morgan fingerprint density at radius 1 is 0.656 bits per heavy atom. The largest absolute Gasteiger partial charge is 0.507 e. The summed E-state index contributed by atoms with van der Waals surface area (Å²) in [6.45, 7) is 4.58. The Hall–Kier alpha value is -5.94. The van der Waals surface area contributed by atoms with Gasteiger partial charge < -0.3 is 43.3 Å². The number of alkyl halides is 2. The average molecular weight is 934 g/mol. The van der Waals surface area contributed by atoms with Crippen molar-refractivity contribution >= 4 is 103 Å². The second-order valence-electron chi connectivity index (χ2n) is 15.6. The first-order valence-corrected chi connectivity index (χ1v) is 22.2. The number of carbonyl (C=O) groups excluding carboxylic acids is 6. The number of amides is 2. The number of phenols is 1. The number of carbonyl (C=O) groups is 6. The number of nitrogens with zero attached hydrogens (tertiary/aromatic N) is 2. The van der Waals surface area contributed by atoms with Crippen LogP contribution in [0.4, 0.5) is 11.4 Å². The molecule has 0 bridgehead atoms. The summed E-state index contributed by atoms with van der Waals surface area (Å²) < 4.78 is 34.8. The van der Waals surface area contributed by atoms with Crippen molar-refractivity contribution in [1.82, 2.24) is 0 Å². The molecular weight excluding hydrogens is 891 g/mol. The summed E-state index contributed by atoms with van der Waals surface area (Å²) in [6.07, 6.45) is -7.18. The van der Waals surface area contributed by atoms with Crippen molar-refractivity contribution in [2.24, 2.45) is 0 Å². The maximum absolute atomic E-state index is 14.6. The maximum Gasteiger partial charge on any atom is 0.303 e. The van der Waals surface area contributed by atoms with Crippen LogP contribution in [-0.2, 0) is 42.9 Å². The van der Waals surface area contributed by atoms with E-state index in [1.165, 1.54) is 6.92 Å². The molecule has 7 atom stereocenters. The predicted molar refractivity (Wildman–Crippen MR) is 237 cm³/mol. The molecule has 0 aliphatic carbocycles. The first-order valence-electron chi connectivity index (χ1n) is 20.3. The Kier molecular flexibility index (Phi) is 12.8. The number of fused-ring (bicyclic) bond motifs is 6. The first kappa shape index (κ1) is 44.7. The molecular formula is C46H42Cl2N2O13S. The number of benzene rings is 4. The van der Waals surface area contributed by atoms with Gasteiger partial charge in [0, 0.05) is 87.3 Å². The third kappa shape index (κ3) is 8.42. The van der Waals surface area contributed by atoms with E-state index in [4.69, 9.17) is 51.6 Å². The van der Waals surface area contributed by atoms with Crippen LogP contribution in [0.1, 0.15) is 70.0 Å². The van der Waals surface area contributed by atoms with Gasteiger partial charge in [-0.3, -0.25) is 28.8 Å². The maximum atomic E-state index is 14.6. The zero-order valence-corrected chi connectivity index (χ0v) is 37.2. The van der Waals surface area contributed by atoms with Crippen molar-refractivity contribution in [3.63, 3.8) is 0 Å². The van der Waals surface area contributed by atoms with Crippen LogP contribution in [0.15, 0.2) is 72.8 Å². The van der Waals surface area contributed by atoms with Crippen LogP contribution in [0.5, 0.6) is 11.5 Å². The molecule has 4 heterocycles. The van der Waals surface area contributed by atoms with Gasteiger partial charge in [-0.1, -0.05) is 48.5 Å². The van der Waals surface area contributed by atoms with E-state index >= 15 is 0 Å². The molecule has 64 heavy (non-hydrogen) atoms. The molecule has 4 aromatic carbocycles. The standard InChI is InChI=1S/C46H42Cl2N2O13S/c1-22(51)58-21-36-41(59-23(2)52)42(60-24(3)53)43(61-25(4)54)46(63-36)62-35-16-33-40(31-12-8-6-10-29(31)35)27(18-48)20-50(33)45(57)38-14-13-37(64-38)44(56)49-19-26(17-47)39-30-11-7-5-9-28(30)34(55)15-32(39)49/h5-16,26-27,36,41-43,46,55H,17-21H2,1-4H3/t26-,27-,36-,41+,42+,43-,46-/m1/s1. The number of ether oxygens (including phenoxy) is 6. The fourth-order valence-corrected chi connectivity index (χ4v) is 10.2. The molecule has 1 aromatic heterocycles. The molecule has 334 valence electrons. The lowest BCUT2D eigenvalue weighted by Gasteiger charge is -2.44. The van der Waals surface area contributed by atoms with E-state index in [2.05, 4.69) is 0 Å². The van der Waals surface area contributed by atoms with Crippen LogP contribution in [0, 0.1) is 0 Å². The lowest BCUT2D eigenvalue weighted by atomic mass is 9.95. The molecule has 0 unspecified atom stereocenters. The SMILES string of the molecule is CC(=O)OC[C@H]1O[C@@H](Oc2cc3c(c4ccccc24)[C@H](CCl)CN3C(=O)c2ccc(C(=O)N3C[C@@H](CCl)c4c3cc(O)c3ccccc43)s2)[C@H](OC(C)=O)[C@@H](OC(C)=O)[C@H]1OC(C)=O. The van der Waals surface area contributed by atoms with E-state index in [0.29, 0.717) is 39.0 Å². The molecule has 3 aliphatic rings. The number of phenolic OH excluding ortho intramolecular Hbond substituents is 1. The number of esters is 4. The minimum absolute atomic E-state index is 0.0380. The highest BCUT2D eigenvalue weighted by atomic mass is 35.5. The molecule has 0 radical (unpaired) electrons. The van der Waals surface area contributed by atoms with E-state index < -0.39 is 67.1 Å². The lowest BCUT2D eigenvalue weighted by Crippen LogP contribution is -2.63. The van der Waals surface area contributed by atoms with Gasteiger partial charge in [-0.25, -0.2) is 0 Å². The topological polar surface area (TPSA) is 185 Å².